The molecule has 7 nitrogen and oxygen atoms in total. The monoisotopic (exact) mass is 525 g/mol. The van der Waals surface area contributed by atoms with Crippen LogP contribution in [0.1, 0.15) is 11.1 Å². The third kappa shape index (κ3) is 7.41. The van der Waals surface area contributed by atoms with Gasteiger partial charge in [0.1, 0.15) is 5.75 Å². The zero-order valence-corrected chi connectivity index (χ0v) is 19.3. The van der Waals surface area contributed by atoms with Crippen LogP contribution in [0.5, 0.6) is 5.75 Å². The summed E-state index contributed by atoms with van der Waals surface area (Å²) in [7, 11) is 0. The molecule has 0 unspecified atom stereocenters. The van der Waals surface area contributed by atoms with Gasteiger partial charge in [-0.25, -0.2) is 10.2 Å². The lowest BCUT2D eigenvalue weighted by atomic mass is 10.2. The molecule has 0 saturated heterocycles. The summed E-state index contributed by atoms with van der Waals surface area (Å²) in [5, 5.41) is 6.47. The first-order valence-corrected chi connectivity index (χ1v) is 10.7. The molecule has 3 aromatic carbocycles. The third-order valence-corrected chi connectivity index (χ3v) is 4.91. The van der Waals surface area contributed by atoms with Crippen molar-refractivity contribution in [1.29, 1.82) is 0 Å². The average molecular weight is 527 g/mol. The molecule has 0 heterocycles. The van der Waals surface area contributed by atoms with Crippen LogP contribution in [-0.4, -0.2) is 24.0 Å². The van der Waals surface area contributed by atoms with Crippen LogP contribution in [0.15, 0.2) is 88.4 Å². The molecule has 0 radical (unpaired) electrons. The van der Waals surface area contributed by atoms with E-state index >= 15 is 0 Å². The van der Waals surface area contributed by atoms with E-state index in [2.05, 4.69) is 31.8 Å². The summed E-state index contributed by atoms with van der Waals surface area (Å²) >= 11 is 9.29. The Kier molecular flexibility index (Phi) is 8.51. The van der Waals surface area contributed by atoms with Gasteiger partial charge in [0.05, 0.1) is 16.9 Å². The van der Waals surface area contributed by atoms with E-state index in [9.17, 15) is 14.4 Å². The van der Waals surface area contributed by atoms with Crippen molar-refractivity contribution in [1.82, 2.24) is 5.43 Å². The molecule has 3 aromatic rings. The van der Waals surface area contributed by atoms with E-state index in [1.807, 2.05) is 30.3 Å². The van der Waals surface area contributed by atoms with Crippen molar-refractivity contribution in [2.45, 2.75) is 0 Å². The Morgan fingerprint density at radius 1 is 0.939 bits per heavy atom. The normalized spacial score (nSPS) is 10.8. The van der Waals surface area contributed by atoms with Crippen molar-refractivity contribution >= 4 is 63.3 Å². The second kappa shape index (κ2) is 11.8. The summed E-state index contributed by atoms with van der Waals surface area (Å²) in [5.74, 6) is -2.30. The lowest BCUT2D eigenvalue weighted by Gasteiger charge is -2.07. The summed E-state index contributed by atoms with van der Waals surface area (Å²) in [6.07, 6.45) is 4.20. The third-order valence-electron chi connectivity index (χ3n) is 4.09. The van der Waals surface area contributed by atoms with Crippen molar-refractivity contribution in [3.05, 3.63) is 99.5 Å². The molecule has 0 aromatic heterocycles. The molecular formula is C24H17BrClN3O4. The minimum absolute atomic E-state index is 0.222. The molecule has 0 spiro atoms. The number of ether oxygens (including phenoxy) is 1. The van der Waals surface area contributed by atoms with Crippen LogP contribution in [-0.2, 0) is 14.4 Å². The fourth-order valence-electron chi connectivity index (χ4n) is 2.54. The molecule has 0 aliphatic heterocycles. The number of amides is 2. The number of para-hydroxylation sites is 1. The zero-order valence-electron chi connectivity index (χ0n) is 17.0. The lowest BCUT2D eigenvalue weighted by molar-refractivity contribution is -0.136. The fourth-order valence-corrected chi connectivity index (χ4v) is 3.10. The van der Waals surface area contributed by atoms with Crippen molar-refractivity contribution in [3.8, 4) is 5.75 Å². The number of carbonyl (C=O) groups excluding carboxylic acids is 3. The van der Waals surface area contributed by atoms with Gasteiger partial charge in [0.15, 0.2) is 0 Å². The molecule has 0 saturated carbocycles. The largest absolute Gasteiger partial charge is 0.423 e. The maximum absolute atomic E-state index is 12.2. The molecule has 0 atom stereocenters. The van der Waals surface area contributed by atoms with E-state index in [1.54, 1.807) is 48.5 Å². The molecule has 2 N–H and O–H groups in total. The van der Waals surface area contributed by atoms with Gasteiger partial charge in [-0.2, -0.15) is 5.10 Å². The van der Waals surface area contributed by atoms with Crippen molar-refractivity contribution in [2.75, 3.05) is 5.32 Å². The quantitative estimate of drug-likeness (QED) is 0.120. The van der Waals surface area contributed by atoms with Crippen molar-refractivity contribution in [3.63, 3.8) is 0 Å². The second-order valence-electron chi connectivity index (χ2n) is 6.48. The number of hydrazone groups is 1. The highest BCUT2D eigenvalue weighted by Crippen LogP contribution is 2.22. The van der Waals surface area contributed by atoms with E-state index in [0.717, 1.165) is 5.56 Å². The SMILES string of the molecule is O=C(C=Cc1ccccc1)Oc1ccc(Br)cc1C=NNC(=O)C(=O)Nc1ccccc1Cl. The first kappa shape index (κ1) is 23.9. The predicted octanol–water partition coefficient (Wildman–Crippen LogP) is 4.81. The average Bonchev–Trinajstić information content (AvgIpc) is 2.81. The van der Waals surface area contributed by atoms with E-state index < -0.39 is 17.8 Å². The first-order chi connectivity index (χ1) is 15.9. The van der Waals surface area contributed by atoms with E-state index in [4.69, 9.17) is 16.3 Å². The smallest absolute Gasteiger partial charge is 0.336 e. The Bertz CT molecular complexity index is 1230. The number of benzene rings is 3. The van der Waals surface area contributed by atoms with Crippen LogP contribution in [0.4, 0.5) is 5.69 Å². The summed E-state index contributed by atoms with van der Waals surface area (Å²) < 4.78 is 6.08. The van der Waals surface area contributed by atoms with Crippen LogP contribution in [0.2, 0.25) is 5.02 Å². The molecule has 0 aliphatic carbocycles. The van der Waals surface area contributed by atoms with Crippen LogP contribution in [0.3, 0.4) is 0 Å². The maximum Gasteiger partial charge on any atom is 0.336 e. The van der Waals surface area contributed by atoms with Crippen LogP contribution >= 0.6 is 27.5 Å². The summed E-state index contributed by atoms with van der Waals surface area (Å²) in [6.45, 7) is 0. The molecule has 0 aliphatic rings. The number of nitrogens with one attached hydrogen (secondary N) is 2. The molecule has 166 valence electrons. The summed E-state index contributed by atoms with van der Waals surface area (Å²) in [4.78, 5) is 36.2. The van der Waals surface area contributed by atoms with Crippen LogP contribution in [0, 0.1) is 0 Å². The molecule has 3 rings (SSSR count). The number of carbonyl (C=O) groups is 3. The number of rotatable bonds is 6. The molecular weight excluding hydrogens is 510 g/mol. The van der Waals surface area contributed by atoms with E-state index in [-0.39, 0.29) is 5.75 Å². The van der Waals surface area contributed by atoms with Gasteiger partial charge < -0.3 is 10.1 Å². The van der Waals surface area contributed by atoms with Gasteiger partial charge in [0.2, 0.25) is 0 Å². The standard InChI is InChI=1S/C24H17BrClN3O4/c25-18-11-12-21(33-22(30)13-10-16-6-2-1-3-7-16)17(14-18)15-27-29-24(32)23(31)28-20-9-5-4-8-19(20)26/h1-15H,(H,28,31)(H,29,32). The minimum Gasteiger partial charge on any atom is -0.423 e. The first-order valence-electron chi connectivity index (χ1n) is 9.56. The van der Waals surface area contributed by atoms with Crippen LogP contribution in [0.25, 0.3) is 6.08 Å². The number of esters is 1. The summed E-state index contributed by atoms with van der Waals surface area (Å²) in [5.41, 5.74) is 3.67. The Morgan fingerprint density at radius 2 is 1.67 bits per heavy atom. The van der Waals surface area contributed by atoms with Crippen molar-refractivity contribution in [2.24, 2.45) is 5.10 Å². The van der Waals surface area contributed by atoms with E-state index in [1.165, 1.54) is 12.3 Å². The lowest BCUT2D eigenvalue weighted by Crippen LogP contribution is -2.32. The number of hydrogen-bond donors (Lipinski definition) is 2. The van der Waals surface area contributed by atoms with Gasteiger partial charge in [0.25, 0.3) is 0 Å². The van der Waals surface area contributed by atoms with Gasteiger partial charge >= 0.3 is 17.8 Å². The highest BCUT2D eigenvalue weighted by Gasteiger charge is 2.14. The number of halogens is 2. The molecule has 2 amide bonds. The van der Waals surface area contributed by atoms with Gasteiger partial charge in [-0.1, -0.05) is 70.0 Å². The van der Waals surface area contributed by atoms with Crippen molar-refractivity contribution < 1.29 is 19.1 Å². The van der Waals surface area contributed by atoms with Gasteiger partial charge in [0, 0.05) is 16.1 Å². The second-order valence-corrected chi connectivity index (χ2v) is 7.80. The number of anilines is 1. The fraction of sp³-hybridized carbons (Fsp3) is 0. The highest BCUT2D eigenvalue weighted by atomic mass is 79.9. The maximum atomic E-state index is 12.2. The Hall–Kier alpha value is -3.75. The highest BCUT2D eigenvalue weighted by molar-refractivity contribution is 9.10. The molecule has 0 fully saturated rings. The number of nitrogens with zero attached hydrogens (tertiary/aromatic N) is 1. The zero-order chi connectivity index (χ0) is 23.6. The Morgan fingerprint density at radius 3 is 2.42 bits per heavy atom. The Labute approximate surface area is 203 Å². The topological polar surface area (TPSA) is 96.9 Å². The minimum atomic E-state index is -0.995. The van der Waals surface area contributed by atoms with Gasteiger partial charge in [-0.05, 0) is 42.0 Å². The Balaban J connectivity index is 1.63. The van der Waals surface area contributed by atoms with Gasteiger partial charge in [-0.3, -0.25) is 9.59 Å². The molecule has 9 heteroatoms. The molecule has 0 bridgehead atoms. The molecule has 33 heavy (non-hydrogen) atoms. The van der Waals surface area contributed by atoms with E-state index in [0.29, 0.717) is 20.7 Å². The van der Waals surface area contributed by atoms with Gasteiger partial charge in [-0.15, -0.1) is 0 Å². The number of hydrogen-bond acceptors (Lipinski definition) is 5. The van der Waals surface area contributed by atoms with Crippen LogP contribution < -0.4 is 15.5 Å². The predicted molar refractivity (Wildman–Crippen MR) is 131 cm³/mol. The summed E-state index contributed by atoms with van der Waals surface area (Å²) in [6, 6.07) is 20.7.